The molecule has 122 valence electrons. The zero-order valence-electron chi connectivity index (χ0n) is 13.3. The van der Waals surface area contributed by atoms with E-state index in [-0.39, 0.29) is 12.0 Å². The van der Waals surface area contributed by atoms with Gasteiger partial charge in [-0.05, 0) is 72.4 Å². The lowest BCUT2D eigenvalue weighted by Gasteiger charge is -2.10. The zero-order valence-corrected chi connectivity index (χ0v) is 13.3. The number of hydrogen-bond acceptors (Lipinski definition) is 5. The third-order valence-corrected chi connectivity index (χ3v) is 3.17. The second-order valence-electron chi connectivity index (χ2n) is 5.38. The van der Waals surface area contributed by atoms with Gasteiger partial charge in [-0.3, -0.25) is 4.79 Å². The number of nitrogens with one attached hydrogen (secondary N) is 2. The molecular weight excluding hydrogens is 308 g/mol. The summed E-state index contributed by atoms with van der Waals surface area (Å²) < 4.78 is 5.57. The average Bonchev–Trinajstić information content (AvgIpc) is 3.11. The molecule has 8 heteroatoms. The Morgan fingerprint density at radius 3 is 2.42 bits per heavy atom. The maximum atomic E-state index is 12.3. The number of ether oxygens (including phenoxy) is 1. The van der Waals surface area contributed by atoms with Gasteiger partial charge in [0.2, 0.25) is 10.4 Å². The Kier molecular flexibility index (Phi) is 4.46. The lowest BCUT2D eigenvalue weighted by molar-refractivity contribution is -0.719. The van der Waals surface area contributed by atoms with Gasteiger partial charge in [-0.1, -0.05) is 0 Å². The van der Waals surface area contributed by atoms with Crippen molar-refractivity contribution in [3.8, 4) is 11.4 Å². The minimum Gasteiger partial charge on any atom is -0.491 e. The van der Waals surface area contributed by atoms with Crippen molar-refractivity contribution >= 4 is 11.6 Å². The van der Waals surface area contributed by atoms with Crippen LogP contribution in [0.2, 0.25) is 0 Å². The number of anilines is 1. The zero-order chi connectivity index (χ0) is 16.9. The van der Waals surface area contributed by atoms with Crippen LogP contribution in [-0.2, 0) is 0 Å². The van der Waals surface area contributed by atoms with E-state index in [9.17, 15) is 4.79 Å². The summed E-state index contributed by atoms with van der Waals surface area (Å²) in [4.78, 5) is 13.7. The Morgan fingerprint density at radius 1 is 1.12 bits per heavy atom. The van der Waals surface area contributed by atoms with Gasteiger partial charge < -0.3 is 10.1 Å². The average molecular weight is 325 g/mol. The van der Waals surface area contributed by atoms with E-state index in [0.717, 1.165) is 11.4 Å². The first-order valence-corrected chi connectivity index (χ1v) is 7.46. The first-order valence-electron chi connectivity index (χ1n) is 7.46. The molecule has 0 bridgehead atoms. The second-order valence-corrected chi connectivity index (χ2v) is 5.38. The number of carbonyl (C=O) groups excluding carboxylic acids is 1. The van der Waals surface area contributed by atoms with Crippen LogP contribution >= 0.6 is 0 Å². The fourth-order valence-electron chi connectivity index (χ4n) is 2.10. The lowest BCUT2D eigenvalue weighted by atomic mass is 10.2. The molecule has 0 fully saturated rings. The first kappa shape index (κ1) is 15.6. The van der Waals surface area contributed by atoms with Gasteiger partial charge in [-0.2, -0.15) is 0 Å². The molecule has 0 aliphatic carbocycles. The molecule has 0 saturated heterocycles. The van der Waals surface area contributed by atoms with Gasteiger partial charge in [0.05, 0.1) is 6.10 Å². The smallest absolute Gasteiger partial charge is 0.255 e. The van der Waals surface area contributed by atoms with Crippen LogP contribution < -0.4 is 14.9 Å². The normalized spacial score (nSPS) is 10.6. The number of carbonyl (C=O) groups is 1. The quantitative estimate of drug-likeness (QED) is 0.693. The molecule has 24 heavy (non-hydrogen) atoms. The highest BCUT2D eigenvalue weighted by atomic mass is 16.5. The van der Waals surface area contributed by atoms with Crippen molar-refractivity contribution in [1.82, 2.24) is 20.9 Å². The predicted octanol–water partition coefficient (Wildman–Crippen LogP) is 1.52. The van der Waals surface area contributed by atoms with Crippen LogP contribution in [0.15, 0.2) is 48.5 Å². The van der Waals surface area contributed by atoms with Gasteiger partial charge in [0.1, 0.15) is 11.0 Å². The number of aromatic nitrogens is 5. The van der Waals surface area contributed by atoms with Crippen LogP contribution in [0.4, 0.5) is 5.69 Å². The van der Waals surface area contributed by atoms with Gasteiger partial charge in [0.25, 0.3) is 5.91 Å². The molecule has 0 aliphatic rings. The van der Waals surface area contributed by atoms with Crippen LogP contribution in [0.5, 0.6) is 5.75 Å². The van der Waals surface area contributed by atoms with Crippen LogP contribution in [0.1, 0.15) is 24.2 Å². The molecule has 1 amide bonds. The van der Waals surface area contributed by atoms with Gasteiger partial charge in [0, 0.05) is 11.3 Å². The van der Waals surface area contributed by atoms with Crippen molar-refractivity contribution in [2.24, 2.45) is 0 Å². The fourth-order valence-corrected chi connectivity index (χ4v) is 2.10. The molecule has 1 heterocycles. The third-order valence-electron chi connectivity index (χ3n) is 3.17. The number of amides is 1. The standard InChI is InChI=1S/C16H16N6O2/c1-11(2)24-15-9-5-13(6-10-15)17-16(23)12-3-7-14(8-4-12)22-20-18-19-21-22/h3-11H,1-2H3,(H,17,23)/p+1. The van der Waals surface area contributed by atoms with Crippen LogP contribution in [0.25, 0.3) is 5.69 Å². The highest BCUT2D eigenvalue weighted by Crippen LogP contribution is 2.17. The van der Waals surface area contributed by atoms with Crippen molar-refractivity contribution in [3.63, 3.8) is 0 Å². The minimum absolute atomic E-state index is 0.112. The Labute approximate surface area is 138 Å². The van der Waals surface area contributed by atoms with E-state index >= 15 is 0 Å². The van der Waals surface area contributed by atoms with E-state index in [4.69, 9.17) is 4.74 Å². The fraction of sp³-hybridized carbons (Fsp3) is 0.188. The SMILES string of the molecule is CC(C)Oc1ccc(NC(=O)c2ccc(-[n+]3nnn[nH]3)cc2)cc1. The largest absolute Gasteiger partial charge is 0.491 e. The monoisotopic (exact) mass is 325 g/mol. The van der Waals surface area contributed by atoms with Crippen LogP contribution in [-0.4, -0.2) is 32.9 Å². The molecule has 0 spiro atoms. The van der Waals surface area contributed by atoms with E-state index < -0.39 is 0 Å². The molecule has 2 aromatic carbocycles. The molecule has 3 rings (SSSR count). The van der Waals surface area contributed by atoms with Crippen molar-refractivity contribution in [1.29, 1.82) is 0 Å². The highest BCUT2D eigenvalue weighted by Gasteiger charge is 2.09. The van der Waals surface area contributed by atoms with Crippen LogP contribution in [0, 0.1) is 0 Å². The van der Waals surface area contributed by atoms with E-state index in [0.29, 0.717) is 11.3 Å². The van der Waals surface area contributed by atoms with Gasteiger partial charge in [-0.15, -0.1) is 0 Å². The molecule has 2 N–H and O–H groups in total. The maximum Gasteiger partial charge on any atom is 0.255 e. The van der Waals surface area contributed by atoms with Crippen molar-refractivity contribution in [2.75, 3.05) is 5.32 Å². The molecule has 8 nitrogen and oxygen atoms in total. The maximum absolute atomic E-state index is 12.3. The first-order chi connectivity index (χ1) is 11.6. The molecule has 0 unspecified atom stereocenters. The summed E-state index contributed by atoms with van der Waals surface area (Å²) in [7, 11) is 0. The van der Waals surface area contributed by atoms with Crippen LogP contribution in [0.3, 0.4) is 0 Å². The topological polar surface area (TPSA) is 96.7 Å². The molecule has 0 aliphatic heterocycles. The summed E-state index contributed by atoms with van der Waals surface area (Å²) in [5.74, 6) is 0.574. The number of rotatable bonds is 5. The van der Waals surface area contributed by atoms with Crippen molar-refractivity contribution in [3.05, 3.63) is 54.1 Å². The number of aromatic amines is 1. The van der Waals surface area contributed by atoms with Gasteiger partial charge in [0.15, 0.2) is 5.69 Å². The number of nitrogens with zero attached hydrogens (tertiary/aromatic N) is 4. The van der Waals surface area contributed by atoms with Crippen molar-refractivity contribution < 1.29 is 14.3 Å². The van der Waals surface area contributed by atoms with Gasteiger partial charge >= 0.3 is 0 Å². The lowest BCUT2D eigenvalue weighted by Crippen LogP contribution is -2.36. The second kappa shape index (κ2) is 6.86. The minimum atomic E-state index is -0.195. The number of hydrogen-bond donors (Lipinski definition) is 2. The van der Waals surface area contributed by atoms with Gasteiger partial charge in [-0.25, -0.2) is 0 Å². The summed E-state index contributed by atoms with van der Waals surface area (Å²) in [6.45, 7) is 3.93. The van der Waals surface area contributed by atoms with E-state index in [2.05, 4.69) is 26.2 Å². The highest BCUT2D eigenvalue weighted by molar-refractivity contribution is 6.04. The number of benzene rings is 2. The molecule has 3 aromatic rings. The summed E-state index contributed by atoms with van der Waals surface area (Å²) in [5, 5.41) is 16.2. The predicted molar refractivity (Wildman–Crippen MR) is 85.9 cm³/mol. The Balaban J connectivity index is 1.66. The van der Waals surface area contributed by atoms with Crippen molar-refractivity contribution in [2.45, 2.75) is 20.0 Å². The molecule has 0 saturated carbocycles. The molecule has 0 atom stereocenters. The van der Waals surface area contributed by atoms with E-state index in [1.807, 2.05) is 26.0 Å². The Hall–Kier alpha value is -3.29. The molecule has 0 radical (unpaired) electrons. The molecular formula is C16H17N6O2+. The molecule has 1 aromatic heterocycles. The summed E-state index contributed by atoms with van der Waals surface area (Å²) in [5.41, 5.74) is 1.97. The van der Waals surface area contributed by atoms with E-state index in [1.54, 1.807) is 36.4 Å². The van der Waals surface area contributed by atoms with E-state index in [1.165, 1.54) is 4.80 Å². The summed E-state index contributed by atoms with van der Waals surface area (Å²) in [6, 6.07) is 14.2. The number of H-pyrrole nitrogens is 1. The summed E-state index contributed by atoms with van der Waals surface area (Å²) >= 11 is 0. The third kappa shape index (κ3) is 3.72. The Morgan fingerprint density at radius 2 is 1.83 bits per heavy atom. The summed E-state index contributed by atoms with van der Waals surface area (Å²) in [6.07, 6.45) is 0.112. The Bertz CT molecular complexity index is 798.